The lowest BCUT2D eigenvalue weighted by Crippen LogP contribution is -2.22. The van der Waals surface area contributed by atoms with Crippen molar-refractivity contribution in [3.05, 3.63) is 26.7 Å². The minimum Gasteiger partial charge on any atom is -0.473 e. The van der Waals surface area contributed by atoms with Crippen LogP contribution in [0.3, 0.4) is 0 Å². The largest absolute Gasteiger partial charge is 0.473 e. The fourth-order valence-electron chi connectivity index (χ4n) is 2.99. The van der Waals surface area contributed by atoms with Gasteiger partial charge in [-0.05, 0) is 43.1 Å². The Hall–Kier alpha value is -1.50. The highest BCUT2D eigenvalue weighted by Gasteiger charge is 2.33. The standard InChI is InChI=1S/C18H19Cl3O6/c1-8(2)10(9-3-4-9)5-6-26-17(24)13-14(21)11(19)7-12(20)15(13)27-18(25)16(22)23/h7-10H,3-6H2,1-2H3,(H,22,23). The van der Waals surface area contributed by atoms with Crippen molar-refractivity contribution < 1.29 is 29.0 Å². The second-order valence-electron chi connectivity index (χ2n) is 6.72. The maximum Gasteiger partial charge on any atom is 0.422 e. The van der Waals surface area contributed by atoms with E-state index >= 15 is 0 Å². The van der Waals surface area contributed by atoms with Gasteiger partial charge in [-0.2, -0.15) is 0 Å². The van der Waals surface area contributed by atoms with Gasteiger partial charge in [-0.3, -0.25) is 0 Å². The third kappa shape index (κ3) is 5.50. The summed E-state index contributed by atoms with van der Waals surface area (Å²) < 4.78 is 9.98. The fourth-order valence-corrected chi connectivity index (χ4v) is 3.71. The number of aliphatic carboxylic acids is 1. The highest BCUT2D eigenvalue weighted by atomic mass is 35.5. The van der Waals surface area contributed by atoms with Crippen molar-refractivity contribution in [2.75, 3.05) is 6.61 Å². The van der Waals surface area contributed by atoms with Crippen molar-refractivity contribution in [3.8, 4) is 5.75 Å². The molecule has 1 aromatic carbocycles. The van der Waals surface area contributed by atoms with Gasteiger partial charge in [-0.1, -0.05) is 48.7 Å². The van der Waals surface area contributed by atoms with Gasteiger partial charge in [0.15, 0.2) is 5.75 Å². The number of carboxylic acids is 1. The zero-order valence-electron chi connectivity index (χ0n) is 14.8. The van der Waals surface area contributed by atoms with Crippen LogP contribution in [0.2, 0.25) is 15.1 Å². The minimum absolute atomic E-state index is 0.0539. The van der Waals surface area contributed by atoms with Gasteiger partial charge in [0.25, 0.3) is 0 Å². The van der Waals surface area contributed by atoms with Crippen molar-refractivity contribution in [1.82, 2.24) is 0 Å². The van der Waals surface area contributed by atoms with Gasteiger partial charge in [0.1, 0.15) is 5.56 Å². The Morgan fingerprint density at radius 3 is 2.33 bits per heavy atom. The molecule has 0 aromatic heterocycles. The summed E-state index contributed by atoms with van der Waals surface area (Å²) in [5, 5.41) is 8.19. The molecule has 1 atom stereocenters. The Morgan fingerprint density at radius 1 is 1.19 bits per heavy atom. The lowest BCUT2D eigenvalue weighted by molar-refractivity contribution is -0.158. The van der Waals surface area contributed by atoms with Gasteiger partial charge in [0.2, 0.25) is 0 Å². The molecule has 1 N–H and O–H groups in total. The summed E-state index contributed by atoms with van der Waals surface area (Å²) >= 11 is 17.9. The molecule has 1 aliphatic rings. The quantitative estimate of drug-likeness (QED) is 0.283. The van der Waals surface area contributed by atoms with E-state index in [1.54, 1.807) is 0 Å². The smallest absolute Gasteiger partial charge is 0.422 e. The van der Waals surface area contributed by atoms with Crippen molar-refractivity contribution in [3.63, 3.8) is 0 Å². The monoisotopic (exact) mass is 436 g/mol. The fraction of sp³-hybridized carbons (Fsp3) is 0.500. The van der Waals surface area contributed by atoms with E-state index in [-0.39, 0.29) is 27.2 Å². The van der Waals surface area contributed by atoms with E-state index in [0.29, 0.717) is 24.2 Å². The first-order valence-corrected chi connectivity index (χ1v) is 9.56. The van der Waals surface area contributed by atoms with Gasteiger partial charge < -0.3 is 14.6 Å². The summed E-state index contributed by atoms with van der Waals surface area (Å²) in [5.74, 6) is -3.28. The lowest BCUT2D eigenvalue weighted by Gasteiger charge is -2.20. The van der Waals surface area contributed by atoms with Crippen LogP contribution < -0.4 is 4.74 Å². The molecule has 148 valence electrons. The number of hydrogen-bond acceptors (Lipinski definition) is 5. The van der Waals surface area contributed by atoms with E-state index in [2.05, 4.69) is 13.8 Å². The number of rotatable bonds is 7. The molecule has 27 heavy (non-hydrogen) atoms. The molecule has 0 radical (unpaired) electrons. The van der Waals surface area contributed by atoms with Gasteiger partial charge in [-0.15, -0.1) is 0 Å². The molecule has 1 unspecified atom stereocenters. The molecule has 1 saturated carbocycles. The molecule has 2 rings (SSSR count). The molecule has 0 bridgehead atoms. The van der Waals surface area contributed by atoms with Crippen molar-refractivity contribution in [2.24, 2.45) is 17.8 Å². The average molecular weight is 438 g/mol. The number of carbonyl (C=O) groups excluding carboxylic acids is 2. The van der Waals surface area contributed by atoms with Crippen molar-refractivity contribution in [1.29, 1.82) is 0 Å². The third-order valence-electron chi connectivity index (χ3n) is 4.47. The maximum absolute atomic E-state index is 12.5. The molecule has 0 amide bonds. The first kappa shape index (κ1) is 21.8. The van der Waals surface area contributed by atoms with Crippen molar-refractivity contribution >= 4 is 52.7 Å². The molecule has 0 heterocycles. The van der Waals surface area contributed by atoms with Gasteiger partial charge in [-0.25, -0.2) is 14.4 Å². The molecule has 0 saturated heterocycles. The van der Waals surface area contributed by atoms with Crippen LogP contribution in [0.1, 0.15) is 43.5 Å². The van der Waals surface area contributed by atoms with Crippen LogP contribution in [-0.4, -0.2) is 29.6 Å². The lowest BCUT2D eigenvalue weighted by atomic mass is 9.88. The third-order valence-corrected chi connectivity index (χ3v) is 5.54. The van der Waals surface area contributed by atoms with Gasteiger partial charge in [0, 0.05) is 0 Å². The summed E-state index contributed by atoms with van der Waals surface area (Å²) in [6.45, 7) is 4.40. The zero-order chi connectivity index (χ0) is 20.3. The Balaban J connectivity index is 2.18. The predicted molar refractivity (Wildman–Crippen MR) is 101 cm³/mol. The van der Waals surface area contributed by atoms with E-state index in [1.165, 1.54) is 12.8 Å². The molecule has 1 fully saturated rings. The Morgan fingerprint density at radius 2 is 1.81 bits per heavy atom. The topological polar surface area (TPSA) is 89.9 Å². The Kier molecular flexibility index (Phi) is 7.37. The molecule has 9 heteroatoms. The first-order valence-electron chi connectivity index (χ1n) is 8.43. The number of halogens is 3. The van der Waals surface area contributed by atoms with Gasteiger partial charge in [0.05, 0.1) is 21.7 Å². The van der Waals surface area contributed by atoms with Crippen LogP contribution in [-0.2, 0) is 14.3 Å². The number of hydrogen-bond donors (Lipinski definition) is 1. The minimum atomic E-state index is -1.85. The summed E-state index contributed by atoms with van der Waals surface area (Å²) in [7, 11) is 0. The van der Waals surface area contributed by atoms with Crippen LogP contribution in [0.25, 0.3) is 0 Å². The zero-order valence-corrected chi connectivity index (χ0v) is 17.0. The number of carboxylic acid groups (broad SMARTS) is 1. The van der Waals surface area contributed by atoms with Crippen LogP contribution >= 0.6 is 34.8 Å². The predicted octanol–water partition coefficient (Wildman–Crippen LogP) is 4.87. The van der Waals surface area contributed by atoms with Crippen LogP contribution in [0.15, 0.2) is 6.07 Å². The normalized spacial score (nSPS) is 14.7. The van der Waals surface area contributed by atoms with E-state index in [4.69, 9.17) is 49.4 Å². The molecule has 0 aliphatic heterocycles. The molecular weight excluding hydrogens is 419 g/mol. The molecule has 6 nitrogen and oxygen atoms in total. The Labute approximate surface area is 171 Å². The number of benzene rings is 1. The summed E-state index contributed by atoms with van der Waals surface area (Å²) in [5.41, 5.74) is -0.378. The van der Waals surface area contributed by atoms with Crippen molar-refractivity contribution in [2.45, 2.75) is 33.1 Å². The molecule has 1 aromatic rings. The first-order chi connectivity index (χ1) is 12.6. The van der Waals surface area contributed by atoms with Crippen LogP contribution in [0.4, 0.5) is 0 Å². The molecule has 1 aliphatic carbocycles. The second-order valence-corrected chi connectivity index (χ2v) is 7.92. The highest BCUT2D eigenvalue weighted by molar-refractivity contribution is 6.46. The summed E-state index contributed by atoms with van der Waals surface area (Å²) in [6, 6.07) is 1.15. The molecule has 0 spiro atoms. The van der Waals surface area contributed by atoms with Crippen LogP contribution in [0.5, 0.6) is 5.75 Å². The summed E-state index contributed by atoms with van der Waals surface area (Å²) in [4.78, 5) is 34.6. The maximum atomic E-state index is 12.5. The highest BCUT2D eigenvalue weighted by Crippen LogP contribution is 2.43. The van der Waals surface area contributed by atoms with Gasteiger partial charge >= 0.3 is 17.9 Å². The van der Waals surface area contributed by atoms with E-state index < -0.39 is 23.7 Å². The number of carbonyl (C=O) groups is 3. The summed E-state index contributed by atoms with van der Waals surface area (Å²) in [6.07, 6.45) is 3.05. The Bertz CT molecular complexity index is 756. The second kappa shape index (κ2) is 9.13. The number of esters is 2. The van der Waals surface area contributed by atoms with Crippen LogP contribution in [0, 0.1) is 17.8 Å². The average Bonchev–Trinajstić information content (AvgIpc) is 3.40. The van der Waals surface area contributed by atoms with E-state index in [1.807, 2.05) is 0 Å². The molecular formula is C18H19Cl3O6. The SMILES string of the molecule is CC(C)C(CCOC(=O)c1c(Cl)c(Cl)cc(Cl)c1OC(=O)C(=O)O)C1CC1. The van der Waals surface area contributed by atoms with E-state index in [9.17, 15) is 14.4 Å². The van der Waals surface area contributed by atoms with E-state index in [0.717, 1.165) is 6.07 Å². The number of ether oxygens (including phenoxy) is 2.